The number of hydrogen-bond acceptors (Lipinski definition) is 3. The van der Waals surface area contributed by atoms with E-state index in [0.29, 0.717) is 6.04 Å². The van der Waals surface area contributed by atoms with E-state index >= 15 is 0 Å². The lowest BCUT2D eigenvalue weighted by molar-refractivity contribution is 0.260. The summed E-state index contributed by atoms with van der Waals surface area (Å²) in [7, 11) is 0. The van der Waals surface area contributed by atoms with Crippen LogP contribution in [0.2, 0.25) is 0 Å². The van der Waals surface area contributed by atoms with Crippen LogP contribution in [0.15, 0.2) is 18.3 Å². The quantitative estimate of drug-likeness (QED) is 0.900. The highest BCUT2D eigenvalue weighted by Gasteiger charge is 2.11. The summed E-state index contributed by atoms with van der Waals surface area (Å²) in [6.07, 6.45) is 6.87. The monoisotopic (exact) mass is 256 g/mol. The van der Waals surface area contributed by atoms with Gasteiger partial charge in [0.05, 0.1) is 6.61 Å². The first-order valence-corrected chi connectivity index (χ1v) is 6.13. The molecule has 2 heterocycles. The molecule has 96 valence electrons. The van der Waals surface area contributed by atoms with Crippen molar-refractivity contribution in [3.8, 4) is 5.88 Å². The lowest BCUT2D eigenvalue weighted by Gasteiger charge is -2.23. The minimum Gasteiger partial charge on any atom is -0.478 e. The van der Waals surface area contributed by atoms with E-state index < -0.39 is 0 Å². The summed E-state index contributed by atoms with van der Waals surface area (Å²) in [6.45, 7) is 3.95. The van der Waals surface area contributed by atoms with E-state index in [1.165, 1.54) is 24.8 Å². The van der Waals surface area contributed by atoms with Gasteiger partial charge in [0.15, 0.2) is 0 Å². The molecule has 17 heavy (non-hydrogen) atoms. The second kappa shape index (κ2) is 7.51. The van der Waals surface area contributed by atoms with Gasteiger partial charge in [-0.2, -0.15) is 0 Å². The van der Waals surface area contributed by atoms with E-state index in [0.717, 1.165) is 25.5 Å². The third-order valence-corrected chi connectivity index (χ3v) is 3.01. The smallest absolute Gasteiger partial charge is 0.213 e. The third-order valence-electron chi connectivity index (χ3n) is 3.01. The van der Waals surface area contributed by atoms with Gasteiger partial charge in [0, 0.05) is 18.3 Å². The predicted octanol–water partition coefficient (Wildman–Crippen LogP) is 2.72. The van der Waals surface area contributed by atoms with Crippen molar-refractivity contribution in [3.05, 3.63) is 23.9 Å². The number of aryl methyl sites for hydroxylation is 1. The van der Waals surface area contributed by atoms with Crippen LogP contribution in [-0.4, -0.2) is 24.2 Å². The summed E-state index contributed by atoms with van der Waals surface area (Å²) < 4.78 is 5.61. The number of nitrogens with one attached hydrogen (secondary N) is 1. The summed E-state index contributed by atoms with van der Waals surface area (Å²) >= 11 is 0. The van der Waals surface area contributed by atoms with Gasteiger partial charge < -0.3 is 10.1 Å². The molecule has 1 aliphatic heterocycles. The van der Waals surface area contributed by atoms with Gasteiger partial charge in [0.1, 0.15) is 0 Å². The van der Waals surface area contributed by atoms with Gasteiger partial charge in [-0.15, -0.1) is 12.4 Å². The van der Waals surface area contributed by atoms with E-state index in [1.54, 1.807) is 0 Å². The summed E-state index contributed by atoms with van der Waals surface area (Å²) in [4.78, 5) is 4.22. The van der Waals surface area contributed by atoms with Crippen LogP contribution in [0, 0.1) is 6.92 Å². The molecule has 1 N–H and O–H groups in total. The molecule has 1 aromatic rings. The van der Waals surface area contributed by atoms with Crippen LogP contribution in [0.1, 0.15) is 31.2 Å². The van der Waals surface area contributed by atoms with Gasteiger partial charge in [-0.3, -0.25) is 0 Å². The number of pyridine rings is 1. The Labute approximate surface area is 109 Å². The first-order chi connectivity index (χ1) is 7.84. The molecule has 0 aromatic carbocycles. The summed E-state index contributed by atoms with van der Waals surface area (Å²) in [5.74, 6) is 0.737. The SMILES string of the molecule is Cc1ccc(OCCC2CCCCN2)nc1.Cl. The molecule has 1 saturated heterocycles. The van der Waals surface area contributed by atoms with Crippen molar-refractivity contribution in [1.82, 2.24) is 10.3 Å². The zero-order valence-corrected chi connectivity index (χ0v) is 11.1. The summed E-state index contributed by atoms with van der Waals surface area (Å²) in [5.41, 5.74) is 1.17. The van der Waals surface area contributed by atoms with Crippen LogP contribution in [-0.2, 0) is 0 Å². The van der Waals surface area contributed by atoms with Crippen LogP contribution in [0.3, 0.4) is 0 Å². The highest BCUT2D eigenvalue weighted by atomic mass is 35.5. The number of hydrogen-bond donors (Lipinski definition) is 1. The molecular formula is C13H21ClN2O. The van der Waals surface area contributed by atoms with E-state index in [2.05, 4.69) is 10.3 Å². The van der Waals surface area contributed by atoms with Gasteiger partial charge in [0.25, 0.3) is 0 Å². The van der Waals surface area contributed by atoms with Crippen LogP contribution >= 0.6 is 12.4 Å². The maximum atomic E-state index is 5.61. The first kappa shape index (κ1) is 14.3. The predicted molar refractivity (Wildman–Crippen MR) is 72.0 cm³/mol. The van der Waals surface area contributed by atoms with Crippen molar-refractivity contribution in [2.45, 2.75) is 38.6 Å². The minimum absolute atomic E-state index is 0. The van der Waals surface area contributed by atoms with Gasteiger partial charge >= 0.3 is 0 Å². The molecule has 0 spiro atoms. The van der Waals surface area contributed by atoms with Gasteiger partial charge in [-0.1, -0.05) is 12.5 Å². The number of piperidine rings is 1. The third kappa shape index (κ3) is 4.92. The lowest BCUT2D eigenvalue weighted by Crippen LogP contribution is -2.35. The first-order valence-electron chi connectivity index (χ1n) is 6.13. The van der Waals surface area contributed by atoms with E-state index in [-0.39, 0.29) is 12.4 Å². The van der Waals surface area contributed by atoms with Gasteiger partial charge in [0.2, 0.25) is 5.88 Å². The Hall–Kier alpha value is -0.800. The number of ether oxygens (including phenoxy) is 1. The Morgan fingerprint density at radius 1 is 1.41 bits per heavy atom. The molecule has 1 atom stereocenters. The largest absolute Gasteiger partial charge is 0.478 e. The molecule has 1 aromatic heterocycles. The molecule has 1 unspecified atom stereocenters. The molecule has 0 amide bonds. The number of rotatable bonds is 4. The molecule has 0 aliphatic carbocycles. The fourth-order valence-corrected chi connectivity index (χ4v) is 2.02. The van der Waals surface area contributed by atoms with Crippen LogP contribution in [0.4, 0.5) is 0 Å². The molecule has 1 fully saturated rings. The molecule has 0 radical (unpaired) electrons. The Morgan fingerprint density at radius 2 is 2.29 bits per heavy atom. The fourth-order valence-electron chi connectivity index (χ4n) is 2.02. The lowest BCUT2D eigenvalue weighted by atomic mass is 10.0. The zero-order chi connectivity index (χ0) is 11.2. The van der Waals surface area contributed by atoms with Crippen molar-refractivity contribution >= 4 is 12.4 Å². The highest BCUT2D eigenvalue weighted by molar-refractivity contribution is 5.85. The average molecular weight is 257 g/mol. The number of nitrogens with zero attached hydrogens (tertiary/aromatic N) is 1. The zero-order valence-electron chi connectivity index (χ0n) is 10.3. The molecule has 0 saturated carbocycles. The van der Waals surface area contributed by atoms with Crippen LogP contribution in [0.5, 0.6) is 5.88 Å². The molecule has 4 heteroatoms. The topological polar surface area (TPSA) is 34.1 Å². The van der Waals surface area contributed by atoms with Gasteiger partial charge in [-0.25, -0.2) is 4.98 Å². The van der Waals surface area contributed by atoms with E-state index in [1.807, 2.05) is 25.3 Å². The normalized spacial score (nSPS) is 19.5. The molecule has 0 bridgehead atoms. The molecule has 1 aliphatic rings. The van der Waals surface area contributed by atoms with Crippen LogP contribution in [0.25, 0.3) is 0 Å². The minimum atomic E-state index is 0. The standard InChI is InChI=1S/C13H20N2O.ClH/c1-11-5-6-13(15-10-11)16-9-7-12-4-2-3-8-14-12;/h5-6,10,12,14H,2-4,7-9H2,1H3;1H. The van der Waals surface area contributed by atoms with Crippen molar-refractivity contribution in [2.24, 2.45) is 0 Å². The Balaban J connectivity index is 0.00000144. The Kier molecular flexibility index (Phi) is 6.30. The Morgan fingerprint density at radius 3 is 2.94 bits per heavy atom. The van der Waals surface area contributed by atoms with Crippen molar-refractivity contribution in [3.63, 3.8) is 0 Å². The summed E-state index contributed by atoms with van der Waals surface area (Å²) in [5, 5.41) is 3.51. The maximum absolute atomic E-state index is 5.61. The molecular weight excluding hydrogens is 236 g/mol. The van der Waals surface area contributed by atoms with Crippen LogP contribution < -0.4 is 10.1 Å². The highest BCUT2D eigenvalue weighted by Crippen LogP contribution is 2.11. The van der Waals surface area contributed by atoms with Gasteiger partial charge in [-0.05, 0) is 38.3 Å². The number of aromatic nitrogens is 1. The maximum Gasteiger partial charge on any atom is 0.213 e. The van der Waals surface area contributed by atoms with E-state index in [9.17, 15) is 0 Å². The Bertz CT molecular complexity index is 310. The average Bonchev–Trinajstić information content (AvgIpc) is 2.33. The molecule has 2 rings (SSSR count). The molecule has 3 nitrogen and oxygen atoms in total. The summed E-state index contributed by atoms with van der Waals surface area (Å²) in [6, 6.07) is 4.60. The second-order valence-electron chi connectivity index (χ2n) is 4.46. The fraction of sp³-hybridized carbons (Fsp3) is 0.615. The second-order valence-corrected chi connectivity index (χ2v) is 4.46. The number of halogens is 1. The van der Waals surface area contributed by atoms with E-state index in [4.69, 9.17) is 4.74 Å². The van der Waals surface area contributed by atoms with Crippen molar-refractivity contribution in [1.29, 1.82) is 0 Å². The van der Waals surface area contributed by atoms with Crippen molar-refractivity contribution in [2.75, 3.05) is 13.2 Å². The van der Waals surface area contributed by atoms with Crippen molar-refractivity contribution < 1.29 is 4.74 Å².